The van der Waals surface area contributed by atoms with Crippen LogP contribution in [0.1, 0.15) is 18.9 Å². The molecule has 0 saturated carbocycles. The Labute approximate surface area is 155 Å². The Balaban J connectivity index is 1.55. The van der Waals surface area contributed by atoms with Crippen LogP contribution in [0.5, 0.6) is 0 Å². The molecule has 0 atom stereocenters. The molecule has 0 heterocycles. The van der Waals surface area contributed by atoms with Gasteiger partial charge in [-0.3, -0.25) is 4.79 Å². The molecule has 3 aromatic rings. The van der Waals surface area contributed by atoms with E-state index in [0.29, 0.717) is 13.1 Å². The Kier molecular flexibility index (Phi) is 6.26. The summed E-state index contributed by atoms with van der Waals surface area (Å²) in [6, 6.07) is 24.9. The lowest BCUT2D eigenvalue weighted by atomic mass is 10.1. The van der Waals surface area contributed by atoms with Crippen molar-refractivity contribution in [1.29, 1.82) is 0 Å². The highest BCUT2D eigenvalue weighted by atomic mass is 16.2. The van der Waals surface area contributed by atoms with Gasteiger partial charge in [-0.15, -0.1) is 0 Å². The number of fused-ring (bicyclic) bond motifs is 1. The second kappa shape index (κ2) is 9.04. The van der Waals surface area contributed by atoms with Crippen molar-refractivity contribution in [2.75, 3.05) is 24.5 Å². The molecule has 1 amide bonds. The molecule has 0 radical (unpaired) electrons. The lowest BCUT2D eigenvalue weighted by Crippen LogP contribution is -2.37. The molecule has 0 saturated heterocycles. The van der Waals surface area contributed by atoms with Crippen LogP contribution in [-0.2, 0) is 11.2 Å². The van der Waals surface area contributed by atoms with Gasteiger partial charge in [0.25, 0.3) is 0 Å². The maximum Gasteiger partial charge on any atom is 0.239 e. The highest BCUT2D eigenvalue weighted by molar-refractivity contribution is 5.95. The maximum absolute atomic E-state index is 12.4. The van der Waals surface area contributed by atoms with Crippen molar-refractivity contribution in [1.82, 2.24) is 5.32 Å². The van der Waals surface area contributed by atoms with E-state index in [1.165, 1.54) is 16.3 Å². The minimum Gasteiger partial charge on any atom is -0.362 e. The molecule has 0 unspecified atom stereocenters. The van der Waals surface area contributed by atoms with Crippen molar-refractivity contribution in [3.8, 4) is 0 Å². The van der Waals surface area contributed by atoms with Crippen LogP contribution < -0.4 is 10.2 Å². The Hall–Kier alpha value is -2.81. The Morgan fingerprint density at radius 3 is 2.46 bits per heavy atom. The van der Waals surface area contributed by atoms with Crippen LogP contribution in [0.15, 0.2) is 72.8 Å². The lowest BCUT2D eigenvalue weighted by Gasteiger charge is -2.24. The molecule has 0 fully saturated rings. The van der Waals surface area contributed by atoms with Crippen molar-refractivity contribution in [3.05, 3.63) is 78.4 Å². The van der Waals surface area contributed by atoms with Crippen molar-refractivity contribution < 1.29 is 4.79 Å². The predicted octanol–water partition coefficient (Wildman–Crippen LogP) is 4.42. The molecule has 1 N–H and O–H groups in total. The SMILES string of the molecule is CCN(CC(=O)NCCCc1ccccc1)c1cccc2ccccc12. The zero-order valence-electron chi connectivity index (χ0n) is 15.3. The Morgan fingerprint density at radius 1 is 0.923 bits per heavy atom. The highest BCUT2D eigenvalue weighted by Crippen LogP contribution is 2.26. The van der Waals surface area contributed by atoms with Crippen LogP contribution in [0.4, 0.5) is 5.69 Å². The number of amides is 1. The number of anilines is 1. The van der Waals surface area contributed by atoms with E-state index in [9.17, 15) is 4.79 Å². The third-order valence-corrected chi connectivity index (χ3v) is 4.63. The number of rotatable bonds is 8. The van der Waals surface area contributed by atoms with Gasteiger partial charge in [0.15, 0.2) is 0 Å². The second-order valence-electron chi connectivity index (χ2n) is 6.45. The van der Waals surface area contributed by atoms with Gasteiger partial charge in [-0.1, -0.05) is 66.7 Å². The van der Waals surface area contributed by atoms with E-state index < -0.39 is 0 Å². The number of carbonyl (C=O) groups is 1. The van der Waals surface area contributed by atoms with Crippen LogP contribution in [-0.4, -0.2) is 25.5 Å². The number of hydrogen-bond acceptors (Lipinski definition) is 2. The highest BCUT2D eigenvalue weighted by Gasteiger charge is 2.12. The summed E-state index contributed by atoms with van der Waals surface area (Å²) in [7, 11) is 0. The minimum atomic E-state index is 0.0767. The Bertz CT molecular complexity index is 840. The predicted molar refractivity (Wildman–Crippen MR) is 110 cm³/mol. The summed E-state index contributed by atoms with van der Waals surface area (Å²) in [5, 5.41) is 5.44. The summed E-state index contributed by atoms with van der Waals surface area (Å²) in [4.78, 5) is 14.5. The number of aryl methyl sites for hydroxylation is 1. The van der Waals surface area contributed by atoms with Crippen LogP contribution in [0.2, 0.25) is 0 Å². The molecule has 0 aliphatic rings. The first-order valence-corrected chi connectivity index (χ1v) is 9.31. The second-order valence-corrected chi connectivity index (χ2v) is 6.45. The van der Waals surface area contributed by atoms with Gasteiger partial charge in [-0.25, -0.2) is 0 Å². The number of likely N-dealkylation sites (N-methyl/N-ethyl adjacent to an activating group) is 1. The molecule has 0 aliphatic carbocycles. The molecule has 26 heavy (non-hydrogen) atoms. The van der Waals surface area contributed by atoms with Crippen LogP contribution >= 0.6 is 0 Å². The summed E-state index contributed by atoms with van der Waals surface area (Å²) in [5.41, 5.74) is 2.43. The van der Waals surface area contributed by atoms with E-state index in [0.717, 1.165) is 25.1 Å². The van der Waals surface area contributed by atoms with E-state index in [1.807, 2.05) is 18.2 Å². The summed E-state index contributed by atoms with van der Waals surface area (Å²) in [6.45, 7) is 3.98. The van der Waals surface area contributed by atoms with Crippen LogP contribution in [0, 0.1) is 0 Å². The molecule has 0 aromatic heterocycles. The normalized spacial score (nSPS) is 10.7. The van der Waals surface area contributed by atoms with Crippen molar-refractivity contribution in [2.24, 2.45) is 0 Å². The van der Waals surface area contributed by atoms with Crippen molar-refractivity contribution in [2.45, 2.75) is 19.8 Å². The largest absolute Gasteiger partial charge is 0.362 e. The first-order valence-electron chi connectivity index (χ1n) is 9.31. The number of hydrogen-bond donors (Lipinski definition) is 1. The molecule has 0 spiro atoms. The third kappa shape index (κ3) is 4.63. The number of benzene rings is 3. The summed E-state index contributed by atoms with van der Waals surface area (Å²) < 4.78 is 0. The summed E-state index contributed by atoms with van der Waals surface area (Å²) in [6.07, 6.45) is 1.94. The fraction of sp³-hybridized carbons (Fsp3) is 0.261. The van der Waals surface area contributed by atoms with E-state index in [4.69, 9.17) is 0 Å². The standard InChI is InChI=1S/C23H26N2O/c1-2-25(22-16-8-14-20-13-6-7-15-21(20)22)18-23(26)24-17-9-12-19-10-4-3-5-11-19/h3-8,10-11,13-16H,2,9,12,17-18H2,1H3,(H,24,26). The molecule has 0 bridgehead atoms. The molecule has 3 rings (SSSR count). The van der Waals surface area contributed by atoms with Crippen molar-refractivity contribution in [3.63, 3.8) is 0 Å². The van der Waals surface area contributed by atoms with Crippen molar-refractivity contribution >= 4 is 22.4 Å². The zero-order chi connectivity index (χ0) is 18.2. The first-order chi connectivity index (χ1) is 12.8. The van der Waals surface area contributed by atoms with Crippen LogP contribution in [0.3, 0.4) is 0 Å². The molecule has 3 heteroatoms. The van der Waals surface area contributed by atoms with E-state index in [1.54, 1.807) is 0 Å². The average Bonchev–Trinajstić information content (AvgIpc) is 2.70. The van der Waals surface area contributed by atoms with Gasteiger partial charge in [0, 0.05) is 24.2 Å². The molecule has 0 aliphatic heterocycles. The van der Waals surface area contributed by atoms with Gasteiger partial charge >= 0.3 is 0 Å². The quantitative estimate of drug-likeness (QED) is 0.613. The van der Waals surface area contributed by atoms with Gasteiger partial charge in [0.1, 0.15) is 0 Å². The minimum absolute atomic E-state index is 0.0767. The van der Waals surface area contributed by atoms with Gasteiger partial charge in [0.2, 0.25) is 5.91 Å². The lowest BCUT2D eigenvalue weighted by molar-refractivity contribution is -0.119. The van der Waals surface area contributed by atoms with Gasteiger partial charge < -0.3 is 10.2 Å². The van der Waals surface area contributed by atoms with Gasteiger partial charge in [0.05, 0.1) is 6.54 Å². The summed E-state index contributed by atoms with van der Waals surface area (Å²) >= 11 is 0. The van der Waals surface area contributed by atoms with Gasteiger partial charge in [-0.2, -0.15) is 0 Å². The number of nitrogens with zero attached hydrogens (tertiary/aromatic N) is 1. The Morgan fingerprint density at radius 2 is 1.65 bits per heavy atom. The number of carbonyl (C=O) groups excluding carboxylic acids is 1. The smallest absolute Gasteiger partial charge is 0.239 e. The van der Waals surface area contributed by atoms with Crippen LogP contribution in [0.25, 0.3) is 10.8 Å². The molecule has 3 nitrogen and oxygen atoms in total. The molecular formula is C23H26N2O. The third-order valence-electron chi connectivity index (χ3n) is 4.63. The number of nitrogens with one attached hydrogen (secondary N) is 1. The maximum atomic E-state index is 12.4. The topological polar surface area (TPSA) is 32.3 Å². The molecular weight excluding hydrogens is 320 g/mol. The van der Waals surface area contributed by atoms with Gasteiger partial charge in [-0.05, 0) is 36.8 Å². The molecule has 134 valence electrons. The van der Waals surface area contributed by atoms with E-state index >= 15 is 0 Å². The van der Waals surface area contributed by atoms with E-state index in [2.05, 4.69) is 71.7 Å². The fourth-order valence-electron chi connectivity index (χ4n) is 3.25. The monoisotopic (exact) mass is 346 g/mol. The van der Waals surface area contributed by atoms with E-state index in [-0.39, 0.29) is 5.91 Å². The zero-order valence-corrected chi connectivity index (χ0v) is 15.3. The molecule has 3 aromatic carbocycles. The first kappa shape index (κ1) is 18.0. The summed E-state index contributed by atoms with van der Waals surface area (Å²) in [5.74, 6) is 0.0767. The average molecular weight is 346 g/mol. The fourth-order valence-corrected chi connectivity index (χ4v) is 3.25.